The van der Waals surface area contributed by atoms with Gasteiger partial charge in [-0.05, 0) is 41.3 Å². The first-order valence-electron chi connectivity index (χ1n) is 7.69. The van der Waals surface area contributed by atoms with Crippen molar-refractivity contribution in [1.29, 1.82) is 0 Å². The second kappa shape index (κ2) is 7.81. The summed E-state index contributed by atoms with van der Waals surface area (Å²) in [7, 11) is 3.10. The fourth-order valence-electron chi connectivity index (χ4n) is 2.42. The average Bonchev–Trinajstić information content (AvgIpc) is 3.20. The molecular weight excluding hydrogens is 336 g/mol. The SMILES string of the molecule is COc1ccc(C(=O)NCc2cncc(-c3cccs3)c2)cc1OC. The molecule has 128 valence electrons. The van der Waals surface area contributed by atoms with Gasteiger partial charge in [0.25, 0.3) is 5.91 Å². The number of aromatic nitrogens is 1. The van der Waals surface area contributed by atoms with Gasteiger partial charge in [-0.25, -0.2) is 0 Å². The minimum Gasteiger partial charge on any atom is -0.493 e. The Labute approximate surface area is 150 Å². The predicted octanol–water partition coefficient (Wildman–Crippen LogP) is 3.76. The van der Waals surface area contributed by atoms with Gasteiger partial charge in [0.1, 0.15) is 0 Å². The molecule has 0 bridgehead atoms. The number of thiophene rings is 1. The summed E-state index contributed by atoms with van der Waals surface area (Å²) in [6.45, 7) is 0.402. The van der Waals surface area contributed by atoms with Crippen molar-refractivity contribution in [2.45, 2.75) is 6.54 Å². The number of nitrogens with one attached hydrogen (secondary N) is 1. The summed E-state index contributed by atoms with van der Waals surface area (Å²) in [4.78, 5) is 17.8. The topological polar surface area (TPSA) is 60.5 Å². The molecule has 6 heteroatoms. The van der Waals surface area contributed by atoms with Crippen LogP contribution in [0.3, 0.4) is 0 Å². The van der Waals surface area contributed by atoms with Crippen molar-refractivity contribution in [3.8, 4) is 21.9 Å². The lowest BCUT2D eigenvalue weighted by Gasteiger charge is -2.10. The third kappa shape index (κ3) is 3.97. The Morgan fingerprint density at radius 1 is 1.12 bits per heavy atom. The minimum atomic E-state index is -0.178. The minimum absolute atomic E-state index is 0.178. The van der Waals surface area contributed by atoms with Crippen LogP contribution in [0.25, 0.3) is 10.4 Å². The molecule has 0 radical (unpaired) electrons. The highest BCUT2D eigenvalue weighted by Gasteiger charge is 2.11. The van der Waals surface area contributed by atoms with Crippen LogP contribution in [0.2, 0.25) is 0 Å². The van der Waals surface area contributed by atoms with Gasteiger partial charge < -0.3 is 14.8 Å². The molecule has 0 spiro atoms. The first-order chi connectivity index (χ1) is 12.2. The van der Waals surface area contributed by atoms with Crippen LogP contribution in [0.15, 0.2) is 54.2 Å². The number of hydrogen-bond donors (Lipinski definition) is 1. The summed E-state index contributed by atoms with van der Waals surface area (Å²) in [5.74, 6) is 0.936. The Balaban J connectivity index is 1.69. The number of hydrogen-bond acceptors (Lipinski definition) is 5. The molecule has 2 aromatic heterocycles. The lowest BCUT2D eigenvalue weighted by atomic mass is 10.1. The largest absolute Gasteiger partial charge is 0.493 e. The van der Waals surface area contributed by atoms with Gasteiger partial charge in [0, 0.05) is 34.9 Å². The highest BCUT2D eigenvalue weighted by Crippen LogP contribution is 2.27. The molecule has 0 unspecified atom stereocenters. The van der Waals surface area contributed by atoms with Crippen molar-refractivity contribution >= 4 is 17.2 Å². The fraction of sp³-hybridized carbons (Fsp3) is 0.158. The van der Waals surface area contributed by atoms with Gasteiger partial charge >= 0.3 is 0 Å². The second-order valence-corrected chi connectivity index (χ2v) is 6.26. The monoisotopic (exact) mass is 354 g/mol. The van der Waals surface area contributed by atoms with Crippen LogP contribution < -0.4 is 14.8 Å². The third-order valence-electron chi connectivity index (χ3n) is 3.70. The summed E-state index contributed by atoms with van der Waals surface area (Å²) in [6, 6.07) is 11.2. The number of ether oxygens (including phenoxy) is 2. The first-order valence-corrected chi connectivity index (χ1v) is 8.57. The van der Waals surface area contributed by atoms with Crippen LogP contribution in [0.1, 0.15) is 15.9 Å². The zero-order chi connectivity index (χ0) is 17.6. The van der Waals surface area contributed by atoms with Crippen molar-refractivity contribution in [2.24, 2.45) is 0 Å². The number of amides is 1. The van der Waals surface area contributed by atoms with Crippen molar-refractivity contribution < 1.29 is 14.3 Å². The molecule has 0 saturated heterocycles. The normalized spacial score (nSPS) is 10.3. The smallest absolute Gasteiger partial charge is 0.251 e. The van der Waals surface area contributed by atoms with Crippen LogP contribution in [-0.4, -0.2) is 25.1 Å². The van der Waals surface area contributed by atoms with Crippen LogP contribution >= 0.6 is 11.3 Å². The summed E-state index contributed by atoms with van der Waals surface area (Å²) < 4.78 is 10.4. The van der Waals surface area contributed by atoms with Gasteiger partial charge in [0.15, 0.2) is 11.5 Å². The highest BCUT2D eigenvalue weighted by atomic mass is 32.1. The van der Waals surface area contributed by atoms with Gasteiger partial charge in [-0.15, -0.1) is 11.3 Å². The van der Waals surface area contributed by atoms with E-state index in [2.05, 4.69) is 10.3 Å². The van der Waals surface area contributed by atoms with E-state index in [4.69, 9.17) is 9.47 Å². The van der Waals surface area contributed by atoms with E-state index in [1.807, 2.05) is 29.8 Å². The quantitative estimate of drug-likeness (QED) is 0.732. The molecule has 0 aliphatic rings. The lowest BCUT2D eigenvalue weighted by Crippen LogP contribution is -2.22. The van der Waals surface area contributed by atoms with E-state index in [0.717, 1.165) is 16.0 Å². The lowest BCUT2D eigenvalue weighted by molar-refractivity contribution is 0.0950. The molecule has 0 atom stereocenters. The van der Waals surface area contributed by atoms with Crippen molar-refractivity contribution in [2.75, 3.05) is 14.2 Å². The standard InChI is InChI=1S/C19H18N2O3S/c1-23-16-6-5-14(9-17(16)24-2)19(22)21-11-13-8-15(12-20-10-13)18-4-3-7-25-18/h3-10,12H,11H2,1-2H3,(H,21,22). The summed E-state index contributed by atoms with van der Waals surface area (Å²) in [5.41, 5.74) is 2.51. The summed E-state index contributed by atoms with van der Waals surface area (Å²) in [5, 5.41) is 4.93. The number of pyridine rings is 1. The van der Waals surface area contributed by atoms with Gasteiger partial charge in [-0.3, -0.25) is 9.78 Å². The Kier molecular flexibility index (Phi) is 5.30. The van der Waals surface area contributed by atoms with Gasteiger partial charge in [0.05, 0.1) is 14.2 Å². The van der Waals surface area contributed by atoms with Gasteiger partial charge in [-0.2, -0.15) is 0 Å². The Morgan fingerprint density at radius 3 is 2.68 bits per heavy atom. The van der Waals surface area contributed by atoms with Crippen molar-refractivity contribution in [3.05, 3.63) is 65.3 Å². The Morgan fingerprint density at radius 2 is 1.96 bits per heavy atom. The molecule has 0 aliphatic heterocycles. The second-order valence-electron chi connectivity index (χ2n) is 5.31. The Bertz CT molecular complexity index is 863. The van der Waals surface area contributed by atoms with E-state index in [1.165, 1.54) is 0 Å². The number of rotatable bonds is 6. The molecule has 1 amide bonds. The number of carbonyl (C=O) groups excluding carboxylic acids is 1. The van der Waals surface area contributed by atoms with Crippen LogP contribution in [0.4, 0.5) is 0 Å². The van der Waals surface area contributed by atoms with E-state index in [9.17, 15) is 4.79 Å². The maximum atomic E-state index is 12.4. The third-order valence-corrected chi connectivity index (χ3v) is 4.62. The maximum Gasteiger partial charge on any atom is 0.251 e. The molecule has 3 rings (SSSR count). The number of benzene rings is 1. The molecule has 0 aliphatic carbocycles. The van der Waals surface area contributed by atoms with E-state index < -0.39 is 0 Å². The molecule has 2 heterocycles. The van der Waals surface area contributed by atoms with Gasteiger partial charge in [0.2, 0.25) is 0 Å². The van der Waals surface area contributed by atoms with E-state index >= 15 is 0 Å². The van der Waals surface area contributed by atoms with E-state index in [1.54, 1.807) is 50.0 Å². The number of nitrogens with zero attached hydrogens (tertiary/aromatic N) is 1. The van der Waals surface area contributed by atoms with Crippen LogP contribution in [0.5, 0.6) is 11.5 Å². The van der Waals surface area contributed by atoms with E-state index in [-0.39, 0.29) is 5.91 Å². The molecule has 3 aromatic rings. The average molecular weight is 354 g/mol. The summed E-state index contributed by atoms with van der Waals surface area (Å²) >= 11 is 1.66. The predicted molar refractivity (Wildman–Crippen MR) is 98.3 cm³/mol. The molecule has 5 nitrogen and oxygen atoms in total. The van der Waals surface area contributed by atoms with Crippen molar-refractivity contribution in [3.63, 3.8) is 0 Å². The van der Waals surface area contributed by atoms with Crippen LogP contribution in [0, 0.1) is 0 Å². The first kappa shape index (κ1) is 17.0. The fourth-order valence-corrected chi connectivity index (χ4v) is 3.13. The molecule has 1 aromatic carbocycles. The molecule has 1 N–H and O–H groups in total. The Hall–Kier alpha value is -2.86. The molecule has 25 heavy (non-hydrogen) atoms. The zero-order valence-electron chi connectivity index (χ0n) is 14.0. The highest BCUT2D eigenvalue weighted by molar-refractivity contribution is 7.13. The number of methoxy groups -OCH3 is 2. The summed E-state index contributed by atoms with van der Waals surface area (Å²) in [6.07, 6.45) is 3.58. The zero-order valence-corrected chi connectivity index (χ0v) is 14.8. The van der Waals surface area contributed by atoms with Gasteiger partial charge in [-0.1, -0.05) is 6.07 Å². The number of carbonyl (C=O) groups is 1. The molecule has 0 saturated carbocycles. The maximum absolute atomic E-state index is 12.4. The molecule has 0 fully saturated rings. The van der Waals surface area contributed by atoms with Crippen molar-refractivity contribution in [1.82, 2.24) is 10.3 Å². The molecular formula is C19H18N2O3S. The van der Waals surface area contributed by atoms with Crippen LogP contribution in [-0.2, 0) is 6.54 Å². The van der Waals surface area contributed by atoms with E-state index in [0.29, 0.717) is 23.6 Å².